The third-order valence-corrected chi connectivity index (χ3v) is 5.93. The van der Waals surface area contributed by atoms with Gasteiger partial charge in [0.1, 0.15) is 6.61 Å². The lowest BCUT2D eigenvalue weighted by atomic mass is 10.2. The number of nitrogens with zero attached hydrogens (tertiary/aromatic N) is 1. The number of carbonyl (C=O) groups is 1. The molecule has 8 nitrogen and oxygen atoms in total. The SMILES string of the molecule is CC(=O)Nc1ccc(S(=O)(=O)c2ccc([N+](=O)[O-])c(OCc3ccccc3)c2)cc1. The minimum Gasteiger partial charge on any atom is -0.482 e. The van der Waals surface area contributed by atoms with E-state index in [2.05, 4.69) is 5.32 Å². The molecule has 1 N–H and O–H groups in total. The number of carbonyl (C=O) groups excluding carboxylic acids is 1. The summed E-state index contributed by atoms with van der Waals surface area (Å²) in [4.78, 5) is 21.7. The van der Waals surface area contributed by atoms with E-state index in [0.29, 0.717) is 5.69 Å². The molecule has 0 aromatic heterocycles. The first kappa shape index (κ1) is 21.0. The lowest BCUT2D eigenvalue weighted by molar-refractivity contribution is -0.386. The fraction of sp³-hybridized carbons (Fsp3) is 0.0952. The molecule has 0 radical (unpaired) electrons. The molecule has 0 saturated carbocycles. The molecule has 0 spiro atoms. The molecule has 0 saturated heterocycles. The summed E-state index contributed by atoms with van der Waals surface area (Å²) >= 11 is 0. The van der Waals surface area contributed by atoms with E-state index >= 15 is 0 Å². The Balaban J connectivity index is 1.92. The van der Waals surface area contributed by atoms with Gasteiger partial charge in [0.2, 0.25) is 15.7 Å². The largest absolute Gasteiger partial charge is 0.482 e. The predicted molar refractivity (Wildman–Crippen MR) is 110 cm³/mol. The van der Waals surface area contributed by atoms with Crippen molar-refractivity contribution in [2.24, 2.45) is 0 Å². The maximum atomic E-state index is 13.0. The summed E-state index contributed by atoms with van der Waals surface area (Å²) in [6.07, 6.45) is 0. The molecule has 9 heteroatoms. The molecule has 0 fully saturated rings. The van der Waals surface area contributed by atoms with Crippen LogP contribution in [0.4, 0.5) is 11.4 Å². The summed E-state index contributed by atoms with van der Waals surface area (Å²) in [6.45, 7) is 1.40. The summed E-state index contributed by atoms with van der Waals surface area (Å²) < 4.78 is 31.5. The number of nitrogens with one attached hydrogen (secondary N) is 1. The Morgan fingerprint density at radius 3 is 2.23 bits per heavy atom. The van der Waals surface area contributed by atoms with Crippen molar-refractivity contribution >= 4 is 27.1 Å². The van der Waals surface area contributed by atoms with Gasteiger partial charge in [-0.25, -0.2) is 8.42 Å². The van der Waals surface area contributed by atoms with E-state index in [0.717, 1.165) is 17.7 Å². The number of sulfone groups is 1. The van der Waals surface area contributed by atoms with Gasteiger partial charge in [0.25, 0.3) is 0 Å². The van der Waals surface area contributed by atoms with Crippen molar-refractivity contribution in [3.05, 3.63) is 88.5 Å². The zero-order valence-corrected chi connectivity index (χ0v) is 16.8. The number of amides is 1. The van der Waals surface area contributed by atoms with Crippen molar-refractivity contribution in [3.63, 3.8) is 0 Å². The second kappa shape index (κ2) is 8.75. The topological polar surface area (TPSA) is 116 Å². The molecule has 0 aliphatic rings. The summed E-state index contributed by atoms with van der Waals surface area (Å²) in [5, 5.41) is 13.9. The normalized spacial score (nSPS) is 11.0. The van der Waals surface area contributed by atoms with Crippen molar-refractivity contribution in [3.8, 4) is 5.75 Å². The van der Waals surface area contributed by atoms with Crippen LogP contribution < -0.4 is 10.1 Å². The lowest BCUT2D eigenvalue weighted by Gasteiger charge is -2.10. The summed E-state index contributed by atoms with van der Waals surface area (Å²) in [5.41, 5.74) is 0.913. The van der Waals surface area contributed by atoms with Gasteiger partial charge in [-0.05, 0) is 35.9 Å². The van der Waals surface area contributed by atoms with Crippen LogP contribution in [0.5, 0.6) is 5.75 Å². The van der Waals surface area contributed by atoms with Crippen molar-refractivity contribution in [1.82, 2.24) is 0 Å². The third-order valence-electron chi connectivity index (χ3n) is 4.16. The third kappa shape index (κ3) is 4.81. The average Bonchev–Trinajstić information content (AvgIpc) is 2.72. The standard InChI is InChI=1S/C21H18N2O6S/c1-15(24)22-17-7-9-18(10-8-17)30(27,28)19-11-12-20(23(25)26)21(13-19)29-14-16-5-3-2-4-6-16/h2-13H,14H2,1H3,(H,22,24). The number of hydrogen-bond donors (Lipinski definition) is 1. The van der Waals surface area contributed by atoms with Crippen LogP contribution in [0.15, 0.2) is 82.6 Å². The van der Waals surface area contributed by atoms with Crippen LogP contribution in [-0.2, 0) is 21.2 Å². The highest BCUT2D eigenvalue weighted by Gasteiger charge is 2.23. The van der Waals surface area contributed by atoms with E-state index in [1.54, 1.807) is 24.3 Å². The number of hydrogen-bond acceptors (Lipinski definition) is 6. The van der Waals surface area contributed by atoms with E-state index in [1.165, 1.54) is 37.3 Å². The highest BCUT2D eigenvalue weighted by molar-refractivity contribution is 7.91. The molecule has 0 aliphatic heterocycles. The van der Waals surface area contributed by atoms with Gasteiger partial charge in [-0.1, -0.05) is 30.3 Å². The molecule has 3 rings (SSSR count). The number of rotatable bonds is 7. The Morgan fingerprint density at radius 1 is 1.00 bits per heavy atom. The van der Waals surface area contributed by atoms with Crippen molar-refractivity contribution < 1.29 is 22.9 Å². The van der Waals surface area contributed by atoms with E-state index < -0.39 is 14.8 Å². The van der Waals surface area contributed by atoms with E-state index in [4.69, 9.17) is 4.74 Å². The first-order valence-corrected chi connectivity index (χ1v) is 10.3. The van der Waals surface area contributed by atoms with Gasteiger partial charge in [-0.3, -0.25) is 14.9 Å². The predicted octanol–water partition coefficient (Wildman–Crippen LogP) is 3.97. The van der Waals surface area contributed by atoms with E-state index in [-0.39, 0.29) is 33.7 Å². The number of nitro benzene ring substituents is 1. The highest BCUT2D eigenvalue weighted by atomic mass is 32.2. The molecule has 0 unspecified atom stereocenters. The zero-order chi connectivity index (χ0) is 21.7. The molecule has 0 atom stereocenters. The minimum atomic E-state index is -3.95. The van der Waals surface area contributed by atoms with Gasteiger partial charge < -0.3 is 10.1 Å². The number of ether oxygens (including phenoxy) is 1. The van der Waals surface area contributed by atoms with Gasteiger partial charge in [-0.2, -0.15) is 0 Å². The smallest absolute Gasteiger partial charge is 0.311 e. The lowest BCUT2D eigenvalue weighted by Crippen LogP contribution is -2.07. The van der Waals surface area contributed by atoms with E-state index in [9.17, 15) is 23.3 Å². The number of nitro groups is 1. The van der Waals surface area contributed by atoms with Crippen molar-refractivity contribution in [1.29, 1.82) is 0 Å². The van der Waals surface area contributed by atoms with Crippen LogP contribution in [0.3, 0.4) is 0 Å². The molecule has 1 amide bonds. The fourth-order valence-electron chi connectivity index (χ4n) is 2.72. The minimum absolute atomic E-state index is 0.0144. The van der Waals surface area contributed by atoms with Crippen LogP contribution in [0, 0.1) is 10.1 Å². The van der Waals surface area contributed by atoms with Gasteiger partial charge >= 0.3 is 5.69 Å². The Morgan fingerprint density at radius 2 is 1.63 bits per heavy atom. The van der Waals surface area contributed by atoms with Gasteiger partial charge in [-0.15, -0.1) is 0 Å². The van der Waals surface area contributed by atoms with Gasteiger partial charge in [0.15, 0.2) is 5.75 Å². The molecule has 0 bridgehead atoms. The molecule has 154 valence electrons. The first-order chi connectivity index (χ1) is 14.3. The molecular formula is C21H18N2O6S. The second-order valence-electron chi connectivity index (χ2n) is 6.37. The van der Waals surface area contributed by atoms with Crippen LogP contribution >= 0.6 is 0 Å². The summed E-state index contributed by atoms with van der Waals surface area (Å²) in [7, 11) is -3.95. The fourth-order valence-corrected chi connectivity index (χ4v) is 4.00. The van der Waals surface area contributed by atoms with Gasteiger partial charge in [0.05, 0.1) is 14.7 Å². The Kier molecular flexibility index (Phi) is 6.12. The highest BCUT2D eigenvalue weighted by Crippen LogP contribution is 2.33. The summed E-state index contributed by atoms with van der Waals surface area (Å²) in [6, 6.07) is 18.1. The van der Waals surface area contributed by atoms with Crippen LogP contribution in [0.2, 0.25) is 0 Å². The van der Waals surface area contributed by atoms with Gasteiger partial charge in [0, 0.05) is 24.7 Å². The first-order valence-electron chi connectivity index (χ1n) is 8.85. The molecule has 30 heavy (non-hydrogen) atoms. The quantitative estimate of drug-likeness (QED) is 0.451. The van der Waals surface area contributed by atoms with Crippen LogP contribution in [0.1, 0.15) is 12.5 Å². The molecule has 3 aromatic rings. The Hall–Kier alpha value is -3.72. The number of benzene rings is 3. The Bertz CT molecular complexity index is 1180. The van der Waals surface area contributed by atoms with Crippen LogP contribution in [-0.4, -0.2) is 19.2 Å². The zero-order valence-electron chi connectivity index (χ0n) is 15.9. The molecule has 0 heterocycles. The van der Waals surface area contributed by atoms with Crippen molar-refractivity contribution in [2.75, 3.05) is 5.32 Å². The monoisotopic (exact) mass is 426 g/mol. The summed E-state index contributed by atoms with van der Waals surface area (Å²) in [5.74, 6) is -0.416. The Labute approximate surface area is 173 Å². The van der Waals surface area contributed by atoms with Crippen molar-refractivity contribution in [2.45, 2.75) is 23.3 Å². The average molecular weight is 426 g/mol. The maximum absolute atomic E-state index is 13.0. The molecule has 3 aromatic carbocycles. The maximum Gasteiger partial charge on any atom is 0.311 e. The molecule has 0 aliphatic carbocycles. The van der Waals surface area contributed by atoms with E-state index in [1.807, 2.05) is 6.07 Å². The second-order valence-corrected chi connectivity index (χ2v) is 8.32. The van der Waals surface area contributed by atoms with Crippen LogP contribution in [0.25, 0.3) is 0 Å². The number of anilines is 1. The molecular weight excluding hydrogens is 408 g/mol.